The summed E-state index contributed by atoms with van der Waals surface area (Å²) < 4.78 is 11.6. The second-order valence-electron chi connectivity index (χ2n) is 4.29. The first-order valence-corrected chi connectivity index (χ1v) is 7.64. The van der Waals surface area contributed by atoms with Gasteiger partial charge in [0.2, 0.25) is 0 Å². The third-order valence-corrected chi connectivity index (χ3v) is 3.04. The van der Waals surface area contributed by atoms with E-state index in [4.69, 9.17) is 15.2 Å². The Bertz CT molecular complexity index is 546. The van der Waals surface area contributed by atoms with E-state index < -0.39 is 0 Å². The van der Waals surface area contributed by atoms with Crippen LogP contribution >= 0.6 is 0 Å². The van der Waals surface area contributed by atoms with Crippen molar-refractivity contribution in [1.82, 2.24) is 0 Å². The fourth-order valence-corrected chi connectivity index (χ4v) is 2.10. The summed E-state index contributed by atoms with van der Waals surface area (Å²) in [6.07, 6.45) is -0.0673. The molecule has 22 heavy (non-hydrogen) atoms. The maximum absolute atomic E-state index is 5.92. The first kappa shape index (κ1) is 18.1. The van der Waals surface area contributed by atoms with Crippen molar-refractivity contribution in [3.63, 3.8) is 0 Å². The Labute approximate surface area is 134 Å². The largest absolute Gasteiger partial charge is 0.486 e. The molecule has 0 fully saturated rings. The van der Waals surface area contributed by atoms with E-state index in [2.05, 4.69) is 20.0 Å². The molecule has 1 atom stereocenters. The van der Waals surface area contributed by atoms with Gasteiger partial charge in [0.25, 0.3) is 0 Å². The van der Waals surface area contributed by atoms with Gasteiger partial charge in [0.1, 0.15) is 12.7 Å². The van der Waals surface area contributed by atoms with Gasteiger partial charge in [-0.25, -0.2) is 0 Å². The molecule has 0 bridgehead atoms. The van der Waals surface area contributed by atoms with Gasteiger partial charge >= 0.3 is 0 Å². The van der Waals surface area contributed by atoms with Crippen LogP contribution in [0.5, 0.6) is 11.5 Å². The molecule has 2 aromatic carbocycles. The fraction of sp³-hybridized carbons (Fsp3) is 0.333. The Balaban J connectivity index is 0.000000561. The van der Waals surface area contributed by atoms with Crippen LogP contribution in [0.1, 0.15) is 13.8 Å². The van der Waals surface area contributed by atoms with Crippen molar-refractivity contribution in [2.24, 2.45) is 5.73 Å². The van der Waals surface area contributed by atoms with Gasteiger partial charge < -0.3 is 15.2 Å². The molecule has 0 spiro atoms. The molecule has 116 valence electrons. The van der Waals surface area contributed by atoms with Crippen LogP contribution in [0.15, 0.2) is 48.5 Å². The Hall–Kier alpha value is -1.94. The standard InChI is InChI=1S/C15H15NO2.C2H6.CH3B/c16-9-12-10-17-14-8-4-7-13(15(14)18-12)11-5-2-1-3-6-11;2*1-2/h1-8,12H,9-10,16H2;1-2H3;1H3/t12-;;/m0../s1. The monoisotopic (exact) mass is 297 g/mol. The second-order valence-corrected chi connectivity index (χ2v) is 4.29. The maximum atomic E-state index is 5.92. The van der Waals surface area contributed by atoms with E-state index in [1.807, 2.05) is 50.2 Å². The Morgan fingerprint density at radius 2 is 1.73 bits per heavy atom. The molecule has 2 N–H and O–H groups in total. The van der Waals surface area contributed by atoms with Crippen LogP contribution in [-0.4, -0.2) is 27.1 Å². The third-order valence-electron chi connectivity index (χ3n) is 3.04. The van der Waals surface area contributed by atoms with Crippen LogP contribution in [0, 0.1) is 0 Å². The van der Waals surface area contributed by atoms with Crippen LogP contribution in [0.3, 0.4) is 0 Å². The molecule has 0 amide bonds. The van der Waals surface area contributed by atoms with Gasteiger partial charge in [0.05, 0.1) is 7.85 Å². The molecule has 2 radical (unpaired) electrons. The number of hydrogen-bond donors (Lipinski definition) is 1. The molecule has 1 aliphatic rings. The average molecular weight is 297 g/mol. The number of rotatable bonds is 2. The van der Waals surface area contributed by atoms with E-state index in [9.17, 15) is 0 Å². The van der Waals surface area contributed by atoms with E-state index in [-0.39, 0.29) is 6.10 Å². The summed E-state index contributed by atoms with van der Waals surface area (Å²) in [7, 11) is 4.50. The summed E-state index contributed by atoms with van der Waals surface area (Å²) in [6.45, 7) is 6.48. The molecule has 0 saturated carbocycles. The summed E-state index contributed by atoms with van der Waals surface area (Å²) in [6, 6.07) is 16.1. The van der Waals surface area contributed by atoms with Gasteiger partial charge in [-0.1, -0.05) is 63.1 Å². The predicted octanol–water partition coefficient (Wildman–Crippen LogP) is 3.68. The lowest BCUT2D eigenvalue weighted by atomic mass is 10.0. The molecule has 3 rings (SSSR count). The number of fused-ring (bicyclic) bond motifs is 1. The summed E-state index contributed by atoms with van der Waals surface area (Å²) >= 11 is 0. The van der Waals surface area contributed by atoms with Crippen molar-refractivity contribution in [3.05, 3.63) is 48.5 Å². The Morgan fingerprint density at radius 3 is 2.36 bits per heavy atom. The smallest absolute Gasteiger partial charge is 0.169 e. The van der Waals surface area contributed by atoms with Gasteiger partial charge in [-0.3, -0.25) is 0 Å². The molecule has 3 nitrogen and oxygen atoms in total. The molecule has 0 unspecified atom stereocenters. The molecule has 0 saturated heterocycles. The van der Waals surface area contributed by atoms with E-state index in [1.54, 1.807) is 0 Å². The highest BCUT2D eigenvalue weighted by Crippen LogP contribution is 2.40. The highest BCUT2D eigenvalue weighted by molar-refractivity contribution is 6.05. The van der Waals surface area contributed by atoms with Crippen LogP contribution in [0.2, 0.25) is 6.82 Å². The van der Waals surface area contributed by atoms with Crippen LogP contribution in [-0.2, 0) is 0 Å². The lowest BCUT2D eigenvalue weighted by molar-refractivity contribution is 0.0976. The zero-order chi connectivity index (χ0) is 16.4. The maximum Gasteiger partial charge on any atom is 0.169 e. The number of benzene rings is 2. The molecule has 0 aromatic heterocycles. The van der Waals surface area contributed by atoms with Crippen molar-refractivity contribution in [1.29, 1.82) is 0 Å². The minimum Gasteiger partial charge on any atom is -0.486 e. The number of hydrogen-bond acceptors (Lipinski definition) is 3. The van der Waals surface area contributed by atoms with Crippen molar-refractivity contribution in [3.8, 4) is 22.6 Å². The third kappa shape index (κ3) is 4.28. The van der Waals surface area contributed by atoms with Crippen molar-refractivity contribution in [2.75, 3.05) is 13.2 Å². The minimum atomic E-state index is -0.0673. The summed E-state index contributed by atoms with van der Waals surface area (Å²) in [5.74, 6) is 1.59. The quantitative estimate of drug-likeness (QED) is 0.860. The van der Waals surface area contributed by atoms with E-state index in [0.29, 0.717) is 13.2 Å². The molecule has 4 heteroatoms. The lowest BCUT2D eigenvalue weighted by Crippen LogP contribution is -2.35. The highest BCUT2D eigenvalue weighted by Gasteiger charge is 2.22. The molecule has 2 aromatic rings. The van der Waals surface area contributed by atoms with Gasteiger partial charge in [-0.15, -0.1) is 0 Å². The van der Waals surface area contributed by atoms with E-state index in [0.717, 1.165) is 22.6 Å². The fourth-order valence-electron chi connectivity index (χ4n) is 2.10. The summed E-state index contributed by atoms with van der Waals surface area (Å²) in [4.78, 5) is 0. The van der Waals surface area contributed by atoms with E-state index >= 15 is 0 Å². The topological polar surface area (TPSA) is 44.5 Å². The zero-order valence-corrected chi connectivity index (χ0v) is 13.6. The van der Waals surface area contributed by atoms with Crippen LogP contribution in [0.4, 0.5) is 0 Å². The average Bonchev–Trinajstić information content (AvgIpc) is 2.65. The first-order valence-electron chi connectivity index (χ1n) is 7.64. The number of ether oxygens (including phenoxy) is 2. The van der Waals surface area contributed by atoms with E-state index in [1.165, 1.54) is 6.82 Å². The summed E-state index contributed by atoms with van der Waals surface area (Å²) in [5, 5.41) is 0. The molecular formula is C18H24BNO2. The van der Waals surface area contributed by atoms with Gasteiger partial charge in [-0.2, -0.15) is 0 Å². The van der Waals surface area contributed by atoms with Gasteiger partial charge in [0, 0.05) is 12.1 Å². The van der Waals surface area contributed by atoms with Crippen molar-refractivity contribution < 1.29 is 9.47 Å². The Morgan fingerprint density at radius 1 is 1.05 bits per heavy atom. The zero-order valence-electron chi connectivity index (χ0n) is 13.6. The SMILES string of the molecule is CC.NC[C@H]1COc2cccc(-c3ccccc3)c2O1.[B]C. The minimum absolute atomic E-state index is 0.0673. The number of nitrogens with two attached hydrogens (primary N) is 1. The number of para-hydroxylation sites is 1. The lowest BCUT2D eigenvalue weighted by Gasteiger charge is -2.27. The first-order chi connectivity index (χ1) is 10.9. The Kier molecular flexibility index (Phi) is 8.15. The predicted molar refractivity (Wildman–Crippen MR) is 93.8 cm³/mol. The highest BCUT2D eigenvalue weighted by atomic mass is 16.6. The second kappa shape index (κ2) is 9.90. The molecule has 1 aliphatic heterocycles. The summed E-state index contributed by atoms with van der Waals surface area (Å²) in [5.41, 5.74) is 7.81. The van der Waals surface area contributed by atoms with Gasteiger partial charge in [-0.05, 0) is 11.6 Å². The normalized spacial score (nSPS) is 14.8. The molecule has 0 aliphatic carbocycles. The molecular weight excluding hydrogens is 273 g/mol. The van der Waals surface area contributed by atoms with Crippen LogP contribution in [0.25, 0.3) is 11.1 Å². The van der Waals surface area contributed by atoms with Gasteiger partial charge in [0.15, 0.2) is 11.5 Å². The van der Waals surface area contributed by atoms with Crippen molar-refractivity contribution in [2.45, 2.75) is 26.8 Å². The van der Waals surface area contributed by atoms with Crippen molar-refractivity contribution >= 4 is 7.85 Å². The van der Waals surface area contributed by atoms with Crippen LogP contribution < -0.4 is 15.2 Å². The molecule has 1 heterocycles.